The van der Waals surface area contributed by atoms with Crippen molar-refractivity contribution in [3.05, 3.63) is 48.7 Å². The number of carbonyl (C=O) groups is 2. The van der Waals surface area contributed by atoms with Crippen molar-refractivity contribution in [1.82, 2.24) is 14.9 Å². The highest BCUT2D eigenvalue weighted by atomic mass is 35.5. The summed E-state index contributed by atoms with van der Waals surface area (Å²) in [4.78, 5) is 37.0. The number of halogens is 4. The third-order valence-electron chi connectivity index (χ3n) is 6.94. The Morgan fingerprint density at radius 1 is 1.10 bits per heavy atom. The van der Waals surface area contributed by atoms with Crippen molar-refractivity contribution >= 4 is 57.9 Å². The lowest BCUT2D eigenvalue weighted by Gasteiger charge is -2.31. The van der Waals surface area contributed by atoms with E-state index in [2.05, 4.69) is 4.98 Å². The van der Waals surface area contributed by atoms with Crippen LogP contribution >= 0.6 is 46.0 Å². The van der Waals surface area contributed by atoms with Crippen molar-refractivity contribution < 1.29 is 27.5 Å². The number of esters is 1. The van der Waals surface area contributed by atoms with Gasteiger partial charge in [-0.25, -0.2) is 9.97 Å². The number of nitrogens with zero attached hydrogens (tertiary/aromatic N) is 3. The van der Waals surface area contributed by atoms with Crippen molar-refractivity contribution in [3.8, 4) is 11.3 Å². The van der Waals surface area contributed by atoms with Gasteiger partial charge in [-0.1, -0.05) is 32.4 Å². The van der Waals surface area contributed by atoms with Gasteiger partial charge in [0, 0.05) is 34.3 Å². The van der Waals surface area contributed by atoms with Gasteiger partial charge in [-0.3, -0.25) is 9.59 Å². The number of carbonyl (C=O) groups excluding carboxylic acids is 2. The number of piperidine rings is 1. The molecule has 1 saturated heterocycles. The van der Waals surface area contributed by atoms with E-state index in [4.69, 9.17) is 21.3 Å². The molecule has 1 aliphatic heterocycles. The molecule has 4 rings (SSSR count). The summed E-state index contributed by atoms with van der Waals surface area (Å²) in [5.41, 5.74) is -2.29. The molecule has 0 aliphatic carbocycles. The third kappa shape index (κ3) is 8.48. The molecular weight excluding hydrogens is 627 g/mol. The monoisotopic (exact) mass is 659 g/mol. The zero-order valence-corrected chi connectivity index (χ0v) is 27.3. The fourth-order valence-corrected chi connectivity index (χ4v) is 7.68. The van der Waals surface area contributed by atoms with Crippen molar-refractivity contribution in [3.63, 3.8) is 0 Å². The summed E-state index contributed by atoms with van der Waals surface area (Å²) in [5, 5.41) is 1.50. The van der Waals surface area contributed by atoms with Crippen LogP contribution in [-0.2, 0) is 32.6 Å². The van der Waals surface area contributed by atoms with Gasteiger partial charge in [0.25, 0.3) is 0 Å². The maximum Gasteiger partial charge on any atom is 0.446 e. The van der Waals surface area contributed by atoms with E-state index in [0.29, 0.717) is 58.8 Å². The molecule has 0 bridgehead atoms. The Kier molecular flexibility index (Phi) is 10.3. The van der Waals surface area contributed by atoms with E-state index in [9.17, 15) is 22.8 Å². The molecule has 42 heavy (non-hydrogen) atoms. The van der Waals surface area contributed by atoms with Crippen LogP contribution in [0.3, 0.4) is 0 Å². The van der Waals surface area contributed by atoms with Crippen LogP contribution in [0.5, 0.6) is 0 Å². The van der Waals surface area contributed by atoms with Crippen molar-refractivity contribution in [1.29, 1.82) is 0 Å². The van der Waals surface area contributed by atoms with Crippen LogP contribution in [0, 0.1) is 6.92 Å². The van der Waals surface area contributed by atoms with Gasteiger partial charge in [0.15, 0.2) is 0 Å². The van der Waals surface area contributed by atoms with Gasteiger partial charge in [-0.2, -0.15) is 13.2 Å². The van der Waals surface area contributed by atoms with Crippen LogP contribution in [0.2, 0.25) is 4.34 Å². The lowest BCUT2D eigenvalue weighted by atomic mass is 9.86. The van der Waals surface area contributed by atoms with Crippen molar-refractivity contribution in [2.45, 2.75) is 82.0 Å². The molecule has 0 radical (unpaired) electrons. The average Bonchev–Trinajstić information content (AvgIpc) is 3.44. The molecule has 3 heterocycles. The highest BCUT2D eigenvalue weighted by Gasteiger charge is 2.31. The minimum absolute atomic E-state index is 0.0172. The van der Waals surface area contributed by atoms with Crippen LogP contribution in [-0.4, -0.2) is 51.9 Å². The summed E-state index contributed by atoms with van der Waals surface area (Å²) >= 11 is 9.24. The standard InChI is InChI=1S/C29H33ClF3N3O3S3/c1-6-39-24(38)14-21-16(2)40-22(34-21)15-23(37)36-9-7-17(8-10-36)27-35-25(26(30)41-27)18-11-19(28(3,4)5)13-20(12-18)42-29(31,32)33/h11-13,17H,6-10,14-15H2,1-5H3. The molecule has 6 nitrogen and oxygen atoms in total. The number of benzene rings is 1. The van der Waals surface area contributed by atoms with Gasteiger partial charge in [0.1, 0.15) is 15.0 Å². The van der Waals surface area contributed by atoms with Gasteiger partial charge in [0.2, 0.25) is 5.91 Å². The number of likely N-dealkylation sites (tertiary alicyclic amines) is 1. The molecule has 0 N–H and O–H groups in total. The Labute approximate surface area is 261 Å². The first-order chi connectivity index (χ1) is 19.6. The van der Waals surface area contributed by atoms with Gasteiger partial charge < -0.3 is 9.64 Å². The zero-order chi connectivity index (χ0) is 30.8. The summed E-state index contributed by atoms with van der Waals surface area (Å²) in [6.07, 6.45) is 1.68. The Morgan fingerprint density at radius 3 is 2.40 bits per heavy atom. The molecule has 2 aromatic heterocycles. The summed E-state index contributed by atoms with van der Waals surface area (Å²) in [6.45, 7) is 10.9. The van der Waals surface area contributed by atoms with E-state index in [1.54, 1.807) is 13.0 Å². The summed E-state index contributed by atoms with van der Waals surface area (Å²) in [6, 6.07) is 4.94. The second kappa shape index (κ2) is 13.2. The van der Waals surface area contributed by atoms with Crippen LogP contribution in [0.25, 0.3) is 11.3 Å². The molecule has 0 atom stereocenters. The number of thioether (sulfide) groups is 1. The SMILES string of the molecule is CCOC(=O)Cc1nc(CC(=O)N2CCC(c3nc(-c4cc(SC(F)(F)F)cc(C(C)(C)C)c4)c(Cl)s3)CC2)sc1C. The number of alkyl halides is 3. The molecule has 1 fully saturated rings. The van der Waals surface area contributed by atoms with Gasteiger partial charge in [0.05, 0.1) is 30.2 Å². The highest BCUT2D eigenvalue weighted by molar-refractivity contribution is 8.00. The maximum atomic E-state index is 13.2. The fraction of sp³-hybridized carbons (Fsp3) is 0.517. The second-order valence-electron chi connectivity index (χ2n) is 11.1. The molecule has 0 unspecified atom stereocenters. The predicted octanol–water partition coefficient (Wildman–Crippen LogP) is 8.19. The van der Waals surface area contributed by atoms with Crippen LogP contribution in [0.4, 0.5) is 13.2 Å². The maximum absolute atomic E-state index is 13.2. The van der Waals surface area contributed by atoms with Gasteiger partial charge >= 0.3 is 11.5 Å². The third-order valence-corrected chi connectivity index (χ3v) is 10.1. The normalized spacial score (nSPS) is 14.8. The quantitative estimate of drug-likeness (QED) is 0.179. The number of amides is 1. The van der Waals surface area contributed by atoms with Crippen molar-refractivity contribution in [2.75, 3.05) is 19.7 Å². The molecule has 13 heteroatoms. The molecule has 1 aromatic carbocycles. The average molecular weight is 660 g/mol. The first-order valence-corrected chi connectivity index (χ1v) is 16.4. The van der Waals surface area contributed by atoms with E-state index < -0.39 is 5.51 Å². The van der Waals surface area contributed by atoms with E-state index in [0.717, 1.165) is 15.4 Å². The zero-order valence-electron chi connectivity index (χ0n) is 24.1. The Hall–Kier alpha value is -2.15. The minimum Gasteiger partial charge on any atom is -0.466 e. The molecule has 228 valence electrons. The Balaban J connectivity index is 1.43. The number of thiazole rings is 2. The summed E-state index contributed by atoms with van der Waals surface area (Å²) in [7, 11) is 0. The highest BCUT2D eigenvalue weighted by Crippen LogP contribution is 2.44. The van der Waals surface area contributed by atoms with Crippen molar-refractivity contribution in [2.24, 2.45) is 0 Å². The van der Waals surface area contributed by atoms with Crippen LogP contribution < -0.4 is 0 Å². The lowest BCUT2D eigenvalue weighted by molar-refractivity contribution is -0.142. The number of hydrogen-bond acceptors (Lipinski definition) is 8. The largest absolute Gasteiger partial charge is 0.466 e. The molecular formula is C29H33ClF3N3O3S3. The lowest BCUT2D eigenvalue weighted by Crippen LogP contribution is -2.38. The second-order valence-corrected chi connectivity index (χ2v) is 15.2. The number of hydrogen-bond donors (Lipinski definition) is 0. The number of aromatic nitrogens is 2. The predicted molar refractivity (Wildman–Crippen MR) is 163 cm³/mol. The molecule has 1 aliphatic rings. The Bertz CT molecular complexity index is 1440. The summed E-state index contributed by atoms with van der Waals surface area (Å²) < 4.78 is 45.1. The first-order valence-electron chi connectivity index (χ1n) is 13.6. The van der Waals surface area contributed by atoms with Crippen LogP contribution in [0.15, 0.2) is 23.1 Å². The number of ether oxygens (including phenoxy) is 1. The molecule has 0 saturated carbocycles. The molecule has 0 spiro atoms. The van der Waals surface area contributed by atoms with E-state index >= 15 is 0 Å². The molecule has 3 aromatic rings. The van der Waals surface area contributed by atoms with Gasteiger partial charge in [-0.15, -0.1) is 22.7 Å². The number of rotatable bonds is 8. The summed E-state index contributed by atoms with van der Waals surface area (Å²) in [5.74, 6) is -0.256. The van der Waals surface area contributed by atoms with Crippen LogP contribution in [0.1, 0.15) is 72.6 Å². The fourth-order valence-electron chi connectivity index (χ4n) is 4.72. The van der Waals surface area contributed by atoms with E-state index in [-0.39, 0.29) is 52.7 Å². The smallest absolute Gasteiger partial charge is 0.446 e. The van der Waals surface area contributed by atoms with E-state index in [1.807, 2.05) is 38.7 Å². The molecule has 1 amide bonds. The first kappa shape index (κ1) is 32.8. The van der Waals surface area contributed by atoms with E-state index in [1.165, 1.54) is 28.7 Å². The minimum atomic E-state index is -4.40. The topological polar surface area (TPSA) is 72.4 Å². The van der Waals surface area contributed by atoms with Gasteiger partial charge in [-0.05, 0) is 67.6 Å². The number of aryl methyl sites for hydroxylation is 1. The Morgan fingerprint density at radius 2 is 1.79 bits per heavy atom.